The van der Waals surface area contributed by atoms with Crippen molar-refractivity contribution in [1.29, 1.82) is 0 Å². The lowest BCUT2D eigenvalue weighted by atomic mass is 9.97. The molecule has 1 aliphatic rings. The smallest absolute Gasteiger partial charge is 0.132 e. The summed E-state index contributed by atoms with van der Waals surface area (Å²) in [5.74, 6) is 2.01. The molecule has 1 aliphatic heterocycles. The van der Waals surface area contributed by atoms with Gasteiger partial charge in [-0.2, -0.15) is 0 Å². The maximum Gasteiger partial charge on any atom is 0.132 e. The number of pyridine rings is 1. The maximum atomic E-state index is 4.63. The molecule has 1 atom stereocenters. The Morgan fingerprint density at radius 2 is 2.17 bits per heavy atom. The van der Waals surface area contributed by atoms with Crippen molar-refractivity contribution >= 4 is 11.6 Å². The lowest BCUT2D eigenvalue weighted by Crippen LogP contribution is -2.40. The maximum absolute atomic E-state index is 4.63. The van der Waals surface area contributed by atoms with Gasteiger partial charge >= 0.3 is 0 Å². The van der Waals surface area contributed by atoms with Crippen LogP contribution in [0.15, 0.2) is 30.6 Å². The summed E-state index contributed by atoms with van der Waals surface area (Å²) < 4.78 is 0. The molecule has 0 bridgehead atoms. The van der Waals surface area contributed by atoms with Crippen LogP contribution in [-0.2, 0) is 6.42 Å². The van der Waals surface area contributed by atoms with Gasteiger partial charge in [0.1, 0.15) is 18.0 Å². The molecule has 0 aliphatic carbocycles. The molecule has 1 N–H and O–H groups in total. The molecule has 2 aromatic rings. The second-order valence-electron chi connectivity index (χ2n) is 6.16. The highest BCUT2D eigenvalue weighted by Gasteiger charge is 2.23. The minimum Gasteiger partial charge on any atom is -0.373 e. The van der Waals surface area contributed by atoms with Crippen LogP contribution in [0, 0.1) is 6.92 Å². The number of nitrogens with one attached hydrogen (secondary N) is 1. The fourth-order valence-electron chi connectivity index (χ4n) is 3.27. The summed E-state index contributed by atoms with van der Waals surface area (Å²) in [5, 5.41) is 3.11. The summed E-state index contributed by atoms with van der Waals surface area (Å²) >= 11 is 0. The summed E-state index contributed by atoms with van der Waals surface area (Å²) in [5.41, 5.74) is 2.18. The van der Waals surface area contributed by atoms with Crippen molar-refractivity contribution in [1.82, 2.24) is 15.0 Å². The van der Waals surface area contributed by atoms with Gasteiger partial charge in [0, 0.05) is 37.1 Å². The summed E-state index contributed by atoms with van der Waals surface area (Å²) in [6.07, 6.45) is 7.56. The first kappa shape index (κ1) is 15.7. The van der Waals surface area contributed by atoms with Gasteiger partial charge in [0.25, 0.3) is 0 Å². The van der Waals surface area contributed by atoms with Crippen molar-refractivity contribution < 1.29 is 0 Å². The van der Waals surface area contributed by atoms with Gasteiger partial charge in [-0.15, -0.1) is 0 Å². The van der Waals surface area contributed by atoms with E-state index in [-0.39, 0.29) is 0 Å². The van der Waals surface area contributed by atoms with Crippen LogP contribution >= 0.6 is 0 Å². The zero-order chi connectivity index (χ0) is 16.1. The van der Waals surface area contributed by atoms with Crippen molar-refractivity contribution in [3.63, 3.8) is 0 Å². The van der Waals surface area contributed by atoms with E-state index in [1.807, 2.05) is 20.0 Å². The Morgan fingerprint density at radius 1 is 1.26 bits per heavy atom. The molecule has 5 nitrogen and oxygen atoms in total. The van der Waals surface area contributed by atoms with E-state index in [0.29, 0.717) is 6.04 Å². The van der Waals surface area contributed by atoms with Crippen LogP contribution in [0.5, 0.6) is 0 Å². The van der Waals surface area contributed by atoms with Gasteiger partial charge in [0.2, 0.25) is 0 Å². The van der Waals surface area contributed by atoms with Gasteiger partial charge in [0.15, 0.2) is 0 Å². The lowest BCUT2D eigenvalue weighted by Gasteiger charge is -2.36. The third-order valence-corrected chi connectivity index (χ3v) is 4.51. The fraction of sp³-hybridized carbons (Fsp3) is 0.500. The first-order valence-electron chi connectivity index (χ1n) is 8.45. The molecule has 0 saturated carbocycles. The van der Waals surface area contributed by atoms with Crippen LogP contribution in [-0.4, -0.2) is 34.6 Å². The molecule has 23 heavy (non-hydrogen) atoms. The summed E-state index contributed by atoms with van der Waals surface area (Å²) in [6, 6.07) is 8.82. The van der Waals surface area contributed by atoms with Crippen molar-refractivity contribution in [3.8, 4) is 0 Å². The number of anilines is 2. The van der Waals surface area contributed by atoms with Crippen LogP contribution in [0.3, 0.4) is 0 Å². The van der Waals surface area contributed by atoms with Crippen molar-refractivity contribution in [3.05, 3.63) is 42.0 Å². The predicted octanol–water partition coefficient (Wildman–Crippen LogP) is 3.21. The summed E-state index contributed by atoms with van der Waals surface area (Å²) in [7, 11) is 1.91. The Labute approximate surface area is 138 Å². The minimum atomic E-state index is 0.540. The standard InChI is InChI=1S/C18H25N5/c1-14-12-18(21-13-20-14)23-11-4-3-7-16(23)10-9-15-6-5-8-17(19-2)22-15/h5-6,8,12-13,16H,3-4,7,9-11H2,1-2H3,(H,19,22)/t16-/m1/s1. The Kier molecular flexibility index (Phi) is 5.05. The number of nitrogens with zero attached hydrogens (tertiary/aromatic N) is 4. The van der Waals surface area contributed by atoms with Gasteiger partial charge in [0.05, 0.1) is 0 Å². The normalized spacial score (nSPS) is 18.0. The van der Waals surface area contributed by atoms with Crippen molar-refractivity contribution in [2.45, 2.75) is 45.1 Å². The molecule has 3 heterocycles. The van der Waals surface area contributed by atoms with E-state index < -0.39 is 0 Å². The zero-order valence-corrected chi connectivity index (χ0v) is 14.0. The molecule has 1 saturated heterocycles. The molecule has 2 aromatic heterocycles. The average molecular weight is 311 g/mol. The fourth-order valence-corrected chi connectivity index (χ4v) is 3.27. The Bertz CT molecular complexity index is 643. The van der Waals surface area contributed by atoms with Crippen molar-refractivity contribution in [2.24, 2.45) is 0 Å². The topological polar surface area (TPSA) is 53.9 Å². The van der Waals surface area contributed by atoms with Gasteiger partial charge in [-0.25, -0.2) is 15.0 Å². The Balaban J connectivity index is 1.69. The zero-order valence-electron chi connectivity index (χ0n) is 14.0. The quantitative estimate of drug-likeness (QED) is 0.919. The number of piperidine rings is 1. The molecule has 0 amide bonds. The molecule has 0 aromatic carbocycles. The Hall–Kier alpha value is -2.17. The molecule has 122 valence electrons. The van der Waals surface area contributed by atoms with Crippen molar-refractivity contribution in [2.75, 3.05) is 23.8 Å². The number of aryl methyl sites for hydroxylation is 2. The number of hydrogen-bond acceptors (Lipinski definition) is 5. The van der Waals surface area contributed by atoms with Crippen LogP contribution in [0.2, 0.25) is 0 Å². The van der Waals surface area contributed by atoms with Crippen LogP contribution in [0.25, 0.3) is 0 Å². The van der Waals surface area contributed by atoms with Gasteiger partial charge in [-0.05, 0) is 51.2 Å². The molecular weight excluding hydrogens is 286 g/mol. The first-order chi connectivity index (χ1) is 11.3. The molecule has 0 unspecified atom stereocenters. The third kappa shape index (κ3) is 3.97. The lowest BCUT2D eigenvalue weighted by molar-refractivity contribution is 0.433. The largest absolute Gasteiger partial charge is 0.373 e. The number of rotatable bonds is 5. The monoisotopic (exact) mass is 311 g/mol. The molecular formula is C18H25N5. The number of hydrogen-bond donors (Lipinski definition) is 1. The predicted molar refractivity (Wildman–Crippen MR) is 93.9 cm³/mol. The average Bonchev–Trinajstić information content (AvgIpc) is 2.60. The Morgan fingerprint density at radius 3 is 3.00 bits per heavy atom. The molecule has 1 fully saturated rings. The van der Waals surface area contributed by atoms with E-state index in [1.165, 1.54) is 19.3 Å². The summed E-state index contributed by atoms with van der Waals surface area (Å²) in [6.45, 7) is 3.11. The highest BCUT2D eigenvalue weighted by Crippen LogP contribution is 2.26. The van der Waals surface area contributed by atoms with E-state index >= 15 is 0 Å². The number of aromatic nitrogens is 3. The van der Waals surface area contributed by atoms with E-state index in [0.717, 1.165) is 42.4 Å². The third-order valence-electron chi connectivity index (χ3n) is 4.51. The van der Waals surface area contributed by atoms with E-state index in [4.69, 9.17) is 0 Å². The van der Waals surface area contributed by atoms with Crippen LogP contribution < -0.4 is 10.2 Å². The highest BCUT2D eigenvalue weighted by atomic mass is 15.2. The highest BCUT2D eigenvalue weighted by molar-refractivity contribution is 5.40. The molecule has 5 heteroatoms. The first-order valence-corrected chi connectivity index (χ1v) is 8.45. The summed E-state index contributed by atoms with van der Waals surface area (Å²) in [4.78, 5) is 15.8. The SMILES string of the molecule is CNc1cccc(CC[C@H]2CCCCN2c2cc(C)ncn2)n1. The van der Waals surface area contributed by atoms with Gasteiger partial charge in [-0.3, -0.25) is 0 Å². The van der Waals surface area contributed by atoms with E-state index in [9.17, 15) is 0 Å². The minimum absolute atomic E-state index is 0.540. The molecule has 0 spiro atoms. The van der Waals surface area contributed by atoms with Gasteiger partial charge < -0.3 is 10.2 Å². The van der Waals surface area contributed by atoms with Crippen LogP contribution in [0.1, 0.15) is 37.1 Å². The molecule has 3 rings (SSSR count). The van der Waals surface area contributed by atoms with Crippen LogP contribution in [0.4, 0.5) is 11.6 Å². The van der Waals surface area contributed by atoms with Gasteiger partial charge in [-0.1, -0.05) is 6.07 Å². The van der Waals surface area contributed by atoms with E-state index in [2.05, 4.69) is 43.4 Å². The van der Waals surface area contributed by atoms with E-state index in [1.54, 1.807) is 6.33 Å². The second kappa shape index (κ2) is 7.40. The molecule has 0 radical (unpaired) electrons. The second-order valence-corrected chi connectivity index (χ2v) is 6.16.